The topological polar surface area (TPSA) is 42.0 Å². The molecule has 3 nitrogen and oxygen atoms in total. The van der Waals surface area contributed by atoms with E-state index in [2.05, 4.69) is 34.6 Å². The van der Waals surface area contributed by atoms with E-state index >= 15 is 0 Å². The van der Waals surface area contributed by atoms with Gasteiger partial charge in [-0.15, -0.1) is 11.3 Å². The monoisotopic (exact) mass is 370 g/mol. The van der Waals surface area contributed by atoms with Gasteiger partial charge in [-0.25, -0.2) is 4.98 Å². The molecule has 1 amide bonds. The number of carbonyl (C=O) groups excluding carboxylic acids is 1. The van der Waals surface area contributed by atoms with Crippen LogP contribution in [0.1, 0.15) is 15.9 Å². The molecule has 0 aliphatic carbocycles. The lowest BCUT2D eigenvalue weighted by atomic mass is 9.98. The fraction of sp³-hybridized carbons (Fsp3) is 0.0435. The lowest BCUT2D eigenvalue weighted by Gasteiger charge is -2.07. The van der Waals surface area contributed by atoms with Crippen molar-refractivity contribution in [1.29, 1.82) is 0 Å². The second-order valence-corrected chi connectivity index (χ2v) is 7.13. The summed E-state index contributed by atoms with van der Waals surface area (Å²) in [7, 11) is 0. The summed E-state index contributed by atoms with van der Waals surface area (Å²) in [4.78, 5) is 17.1. The minimum absolute atomic E-state index is 0.146. The van der Waals surface area contributed by atoms with Gasteiger partial charge in [0.05, 0.1) is 5.69 Å². The smallest absolute Gasteiger partial charge is 0.257 e. The minimum atomic E-state index is -0.146. The van der Waals surface area contributed by atoms with Crippen LogP contribution in [-0.2, 0) is 0 Å². The molecule has 0 saturated carbocycles. The third kappa shape index (κ3) is 3.81. The number of nitrogens with zero attached hydrogens (tertiary/aromatic N) is 1. The van der Waals surface area contributed by atoms with Gasteiger partial charge >= 0.3 is 0 Å². The Balaban J connectivity index is 1.60. The van der Waals surface area contributed by atoms with Crippen molar-refractivity contribution in [3.05, 3.63) is 95.4 Å². The molecule has 132 valence electrons. The molecule has 0 aliphatic heterocycles. The zero-order chi connectivity index (χ0) is 18.6. The third-order valence-electron chi connectivity index (χ3n) is 4.33. The molecule has 0 bridgehead atoms. The van der Waals surface area contributed by atoms with Crippen LogP contribution in [0.3, 0.4) is 0 Å². The predicted octanol–water partition coefficient (Wildman–Crippen LogP) is 6.04. The van der Waals surface area contributed by atoms with Crippen LogP contribution in [0.15, 0.2) is 84.2 Å². The standard InChI is InChI=1S/C23H18N2OS/c1-16-11-13-18(14-12-16)22(26)25-23-24-21(15-27-23)20-10-6-5-9-19(20)17-7-3-2-4-8-17/h2-15H,1H3,(H,24,25,26). The Bertz CT molecular complexity index is 1070. The molecule has 0 unspecified atom stereocenters. The van der Waals surface area contributed by atoms with Crippen LogP contribution < -0.4 is 5.32 Å². The molecule has 0 atom stereocenters. The first-order valence-corrected chi connectivity index (χ1v) is 9.57. The average Bonchev–Trinajstić information content (AvgIpc) is 3.17. The maximum absolute atomic E-state index is 12.4. The Morgan fingerprint density at radius 1 is 0.852 bits per heavy atom. The van der Waals surface area contributed by atoms with E-state index in [1.165, 1.54) is 11.3 Å². The van der Waals surface area contributed by atoms with Gasteiger partial charge in [-0.3, -0.25) is 10.1 Å². The van der Waals surface area contributed by atoms with E-state index in [0.717, 1.165) is 27.9 Å². The highest BCUT2D eigenvalue weighted by Gasteiger charge is 2.12. The van der Waals surface area contributed by atoms with E-state index < -0.39 is 0 Å². The van der Waals surface area contributed by atoms with Crippen molar-refractivity contribution in [2.45, 2.75) is 6.92 Å². The fourth-order valence-corrected chi connectivity index (χ4v) is 3.61. The summed E-state index contributed by atoms with van der Waals surface area (Å²) in [5.74, 6) is -0.146. The summed E-state index contributed by atoms with van der Waals surface area (Å²) >= 11 is 1.43. The molecule has 0 radical (unpaired) electrons. The van der Waals surface area contributed by atoms with Gasteiger partial charge in [0.1, 0.15) is 0 Å². The summed E-state index contributed by atoms with van der Waals surface area (Å²) in [6.07, 6.45) is 0. The Morgan fingerprint density at radius 2 is 1.52 bits per heavy atom. The van der Waals surface area contributed by atoms with E-state index in [1.54, 1.807) is 0 Å². The summed E-state index contributed by atoms with van der Waals surface area (Å²) in [6, 6.07) is 25.9. The second kappa shape index (κ2) is 7.56. The Kier molecular flexibility index (Phi) is 4.81. The van der Waals surface area contributed by atoms with Crippen molar-refractivity contribution < 1.29 is 4.79 Å². The van der Waals surface area contributed by atoms with Crippen LogP contribution >= 0.6 is 11.3 Å². The summed E-state index contributed by atoms with van der Waals surface area (Å²) in [5, 5.41) is 5.47. The van der Waals surface area contributed by atoms with Gasteiger partial charge in [-0.1, -0.05) is 72.3 Å². The maximum atomic E-state index is 12.4. The Hall–Kier alpha value is -3.24. The van der Waals surface area contributed by atoms with Crippen molar-refractivity contribution in [2.75, 3.05) is 5.32 Å². The average molecular weight is 370 g/mol. The van der Waals surface area contributed by atoms with E-state index in [9.17, 15) is 4.79 Å². The molecule has 27 heavy (non-hydrogen) atoms. The van der Waals surface area contributed by atoms with E-state index in [4.69, 9.17) is 0 Å². The summed E-state index contributed by atoms with van der Waals surface area (Å²) < 4.78 is 0. The van der Waals surface area contributed by atoms with E-state index in [-0.39, 0.29) is 5.91 Å². The van der Waals surface area contributed by atoms with Crippen molar-refractivity contribution in [2.24, 2.45) is 0 Å². The Labute approximate surface area is 162 Å². The first kappa shape index (κ1) is 17.2. The van der Waals surface area contributed by atoms with Gasteiger partial charge in [-0.05, 0) is 30.2 Å². The number of carbonyl (C=O) groups is 1. The zero-order valence-corrected chi connectivity index (χ0v) is 15.7. The molecule has 4 rings (SSSR count). The predicted molar refractivity (Wildman–Crippen MR) is 112 cm³/mol. The quantitative estimate of drug-likeness (QED) is 0.476. The van der Waals surface area contributed by atoms with Gasteiger partial charge in [0.25, 0.3) is 5.91 Å². The molecule has 0 fully saturated rings. The molecule has 4 heteroatoms. The van der Waals surface area contributed by atoms with Crippen LogP contribution in [-0.4, -0.2) is 10.9 Å². The lowest BCUT2D eigenvalue weighted by Crippen LogP contribution is -2.11. The van der Waals surface area contributed by atoms with Crippen LogP contribution in [0.25, 0.3) is 22.4 Å². The van der Waals surface area contributed by atoms with Gasteiger partial charge in [0.2, 0.25) is 0 Å². The van der Waals surface area contributed by atoms with Crippen molar-refractivity contribution in [1.82, 2.24) is 4.98 Å². The maximum Gasteiger partial charge on any atom is 0.257 e. The highest BCUT2D eigenvalue weighted by atomic mass is 32.1. The van der Waals surface area contributed by atoms with Crippen LogP contribution in [0.2, 0.25) is 0 Å². The molecular weight excluding hydrogens is 352 g/mol. The summed E-state index contributed by atoms with van der Waals surface area (Å²) in [5.41, 5.74) is 5.93. The zero-order valence-electron chi connectivity index (χ0n) is 14.8. The molecule has 0 aliphatic rings. The van der Waals surface area contributed by atoms with Gasteiger partial charge in [0.15, 0.2) is 5.13 Å². The first-order chi connectivity index (χ1) is 13.2. The van der Waals surface area contributed by atoms with Gasteiger partial charge in [0, 0.05) is 16.5 Å². The third-order valence-corrected chi connectivity index (χ3v) is 5.08. The van der Waals surface area contributed by atoms with Gasteiger partial charge in [-0.2, -0.15) is 0 Å². The first-order valence-electron chi connectivity index (χ1n) is 8.69. The normalized spacial score (nSPS) is 10.6. The van der Waals surface area contributed by atoms with Crippen molar-refractivity contribution in [3.8, 4) is 22.4 Å². The second-order valence-electron chi connectivity index (χ2n) is 6.27. The number of rotatable bonds is 4. The van der Waals surface area contributed by atoms with E-state index in [1.807, 2.05) is 66.9 Å². The van der Waals surface area contributed by atoms with Crippen molar-refractivity contribution >= 4 is 22.4 Å². The van der Waals surface area contributed by atoms with Crippen LogP contribution in [0.5, 0.6) is 0 Å². The van der Waals surface area contributed by atoms with Crippen LogP contribution in [0.4, 0.5) is 5.13 Å². The van der Waals surface area contributed by atoms with Crippen molar-refractivity contribution in [3.63, 3.8) is 0 Å². The molecular formula is C23H18N2OS. The van der Waals surface area contributed by atoms with E-state index in [0.29, 0.717) is 10.7 Å². The number of benzene rings is 3. The number of thiazole rings is 1. The van der Waals surface area contributed by atoms with Gasteiger partial charge < -0.3 is 0 Å². The SMILES string of the molecule is Cc1ccc(C(=O)Nc2nc(-c3ccccc3-c3ccccc3)cs2)cc1. The highest BCUT2D eigenvalue weighted by molar-refractivity contribution is 7.14. The highest BCUT2D eigenvalue weighted by Crippen LogP contribution is 2.33. The fourth-order valence-electron chi connectivity index (χ4n) is 2.90. The Morgan fingerprint density at radius 3 is 2.26 bits per heavy atom. The molecule has 1 aromatic heterocycles. The molecule has 1 N–H and O–H groups in total. The molecule has 0 spiro atoms. The molecule has 4 aromatic rings. The molecule has 1 heterocycles. The number of hydrogen-bond donors (Lipinski definition) is 1. The minimum Gasteiger partial charge on any atom is -0.298 e. The van der Waals surface area contributed by atoms with Crippen LogP contribution in [0, 0.1) is 6.92 Å². The number of amides is 1. The number of nitrogens with one attached hydrogen (secondary N) is 1. The molecule has 0 saturated heterocycles. The number of anilines is 1. The largest absolute Gasteiger partial charge is 0.298 e. The molecule has 3 aromatic carbocycles. The summed E-state index contributed by atoms with van der Waals surface area (Å²) in [6.45, 7) is 2.00. The number of hydrogen-bond acceptors (Lipinski definition) is 3. The lowest BCUT2D eigenvalue weighted by molar-refractivity contribution is 0.102. The number of aryl methyl sites for hydroxylation is 1. The number of aromatic nitrogens is 1.